The Kier molecular flexibility index (Phi) is 5.88. The Morgan fingerprint density at radius 1 is 1.25 bits per heavy atom. The average molecular weight is 281 g/mol. The van der Waals surface area contributed by atoms with Crippen molar-refractivity contribution in [1.82, 2.24) is 4.90 Å². The van der Waals surface area contributed by atoms with E-state index in [4.69, 9.17) is 5.11 Å². The van der Waals surface area contributed by atoms with Gasteiger partial charge in [0.15, 0.2) is 0 Å². The molecule has 0 radical (unpaired) electrons. The Balaban J connectivity index is 1.76. The maximum Gasteiger partial charge on any atom is 0.303 e. The fraction of sp³-hybridized carbons (Fsp3) is 0.941. The van der Waals surface area contributed by atoms with Crippen molar-refractivity contribution in [1.29, 1.82) is 0 Å². The monoisotopic (exact) mass is 281 g/mol. The van der Waals surface area contributed by atoms with E-state index in [9.17, 15) is 4.79 Å². The Morgan fingerprint density at radius 3 is 2.75 bits per heavy atom. The average Bonchev–Trinajstić information content (AvgIpc) is 2.84. The quantitative estimate of drug-likeness (QED) is 0.805. The first kappa shape index (κ1) is 15.8. The molecule has 3 nitrogen and oxygen atoms in total. The molecular weight excluding hydrogens is 250 g/mol. The molecule has 2 aliphatic rings. The van der Waals surface area contributed by atoms with Crippen LogP contribution in [0.25, 0.3) is 0 Å². The highest BCUT2D eigenvalue weighted by Gasteiger charge is 2.31. The summed E-state index contributed by atoms with van der Waals surface area (Å²) < 4.78 is 0. The van der Waals surface area contributed by atoms with Crippen molar-refractivity contribution in [2.75, 3.05) is 13.1 Å². The van der Waals surface area contributed by atoms with Crippen LogP contribution < -0.4 is 0 Å². The van der Waals surface area contributed by atoms with Crippen molar-refractivity contribution < 1.29 is 9.90 Å². The first-order chi connectivity index (χ1) is 9.54. The molecule has 2 fully saturated rings. The van der Waals surface area contributed by atoms with Gasteiger partial charge in [0.1, 0.15) is 0 Å². The molecule has 1 saturated heterocycles. The molecule has 0 aromatic carbocycles. The van der Waals surface area contributed by atoms with E-state index in [1.54, 1.807) is 0 Å². The Bertz CT molecular complexity index is 316. The smallest absolute Gasteiger partial charge is 0.303 e. The van der Waals surface area contributed by atoms with Gasteiger partial charge in [-0.15, -0.1) is 0 Å². The third-order valence-electron chi connectivity index (χ3n) is 5.16. The van der Waals surface area contributed by atoms with Crippen molar-refractivity contribution in [3.05, 3.63) is 0 Å². The van der Waals surface area contributed by atoms with Gasteiger partial charge in [0.25, 0.3) is 0 Å². The highest BCUT2D eigenvalue weighted by molar-refractivity contribution is 5.66. The lowest BCUT2D eigenvalue weighted by atomic mass is 9.80. The van der Waals surface area contributed by atoms with Gasteiger partial charge < -0.3 is 10.0 Å². The highest BCUT2D eigenvalue weighted by Crippen LogP contribution is 2.34. The Hall–Kier alpha value is -0.570. The molecule has 3 atom stereocenters. The standard InChI is InChI=1S/C17H31NO2/c1-13(2)10-15-4-3-5-16(11-15)18-9-8-14(12-18)6-7-17(19)20/h13-16H,3-12H2,1-2H3,(H,19,20). The van der Waals surface area contributed by atoms with Gasteiger partial charge in [-0.05, 0) is 56.4 Å². The van der Waals surface area contributed by atoms with Gasteiger partial charge in [-0.3, -0.25) is 4.79 Å². The van der Waals surface area contributed by atoms with E-state index in [-0.39, 0.29) is 0 Å². The van der Waals surface area contributed by atoms with Gasteiger partial charge >= 0.3 is 5.97 Å². The molecule has 3 heteroatoms. The maximum absolute atomic E-state index is 10.7. The van der Waals surface area contributed by atoms with Gasteiger partial charge in [-0.25, -0.2) is 0 Å². The first-order valence-electron chi connectivity index (χ1n) is 8.50. The molecule has 2 rings (SSSR count). The van der Waals surface area contributed by atoms with Crippen LogP contribution in [0.2, 0.25) is 0 Å². The zero-order valence-electron chi connectivity index (χ0n) is 13.2. The second-order valence-electron chi connectivity index (χ2n) is 7.40. The molecule has 1 N–H and O–H groups in total. The van der Waals surface area contributed by atoms with Crippen LogP contribution in [-0.2, 0) is 4.79 Å². The van der Waals surface area contributed by atoms with Crippen LogP contribution in [0.5, 0.6) is 0 Å². The lowest BCUT2D eigenvalue weighted by Gasteiger charge is -2.36. The van der Waals surface area contributed by atoms with Crippen LogP contribution >= 0.6 is 0 Å². The summed E-state index contributed by atoms with van der Waals surface area (Å²) in [7, 11) is 0. The molecule has 0 amide bonds. The Morgan fingerprint density at radius 2 is 2.05 bits per heavy atom. The first-order valence-corrected chi connectivity index (χ1v) is 8.50. The number of aliphatic carboxylic acids is 1. The van der Waals surface area contributed by atoms with Crippen LogP contribution in [-0.4, -0.2) is 35.1 Å². The molecule has 1 heterocycles. The fourth-order valence-electron chi connectivity index (χ4n) is 4.23. The third kappa shape index (κ3) is 4.76. The van der Waals surface area contributed by atoms with Crippen molar-refractivity contribution in [3.8, 4) is 0 Å². The number of rotatable bonds is 6. The van der Waals surface area contributed by atoms with Crippen LogP contribution in [0.3, 0.4) is 0 Å². The molecule has 20 heavy (non-hydrogen) atoms. The summed E-state index contributed by atoms with van der Waals surface area (Å²) in [5.41, 5.74) is 0. The lowest BCUT2D eigenvalue weighted by Crippen LogP contribution is -2.37. The van der Waals surface area contributed by atoms with Crippen molar-refractivity contribution in [2.45, 2.75) is 71.3 Å². The number of hydrogen-bond acceptors (Lipinski definition) is 2. The van der Waals surface area contributed by atoms with Gasteiger partial charge in [0, 0.05) is 19.0 Å². The van der Waals surface area contributed by atoms with E-state index in [0.29, 0.717) is 12.3 Å². The highest BCUT2D eigenvalue weighted by atomic mass is 16.4. The van der Waals surface area contributed by atoms with Crippen molar-refractivity contribution >= 4 is 5.97 Å². The predicted octanol–water partition coefficient (Wildman–Crippen LogP) is 3.78. The number of likely N-dealkylation sites (tertiary alicyclic amines) is 1. The molecular formula is C17H31NO2. The van der Waals surface area contributed by atoms with Crippen molar-refractivity contribution in [2.24, 2.45) is 17.8 Å². The maximum atomic E-state index is 10.7. The summed E-state index contributed by atoms with van der Waals surface area (Å²) in [5, 5.41) is 8.79. The third-order valence-corrected chi connectivity index (χ3v) is 5.16. The zero-order chi connectivity index (χ0) is 14.5. The van der Waals surface area contributed by atoms with Gasteiger partial charge in [-0.2, -0.15) is 0 Å². The van der Waals surface area contributed by atoms with Gasteiger partial charge in [0.2, 0.25) is 0 Å². The number of carboxylic acid groups (broad SMARTS) is 1. The fourth-order valence-corrected chi connectivity index (χ4v) is 4.23. The topological polar surface area (TPSA) is 40.5 Å². The Labute approximate surface area is 123 Å². The summed E-state index contributed by atoms with van der Waals surface area (Å²) in [6.07, 6.45) is 9.35. The minimum absolute atomic E-state index is 0.346. The van der Waals surface area contributed by atoms with E-state index < -0.39 is 5.97 Å². The molecule has 0 spiro atoms. The SMILES string of the molecule is CC(C)CC1CCCC(N2CCC(CCC(=O)O)C2)C1. The molecule has 3 unspecified atom stereocenters. The minimum Gasteiger partial charge on any atom is -0.481 e. The molecule has 1 saturated carbocycles. The lowest BCUT2D eigenvalue weighted by molar-refractivity contribution is -0.137. The van der Waals surface area contributed by atoms with E-state index in [0.717, 1.165) is 30.8 Å². The normalized spacial score (nSPS) is 31.9. The minimum atomic E-state index is -0.641. The number of carbonyl (C=O) groups is 1. The largest absolute Gasteiger partial charge is 0.481 e. The van der Waals surface area contributed by atoms with E-state index in [1.807, 2.05) is 0 Å². The molecule has 1 aliphatic heterocycles. The summed E-state index contributed by atoms with van der Waals surface area (Å²) in [6.45, 7) is 7.01. The van der Waals surface area contributed by atoms with E-state index >= 15 is 0 Å². The van der Waals surface area contributed by atoms with E-state index in [2.05, 4.69) is 18.7 Å². The zero-order valence-corrected chi connectivity index (χ0v) is 13.2. The molecule has 116 valence electrons. The molecule has 0 aromatic heterocycles. The number of nitrogens with zero attached hydrogens (tertiary/aromatic N) is 1. The van der Waals surface area contributed by atoms with Crippen LogP contribution in [0, 0.1) is 17.8 Å². The number of hydrogen-bond donors (Lipinski definition) is 1. The second kappa shape index (κ2) is 7.44. The van der Waals surface area contributed by atoms with Gasteiger partial charge in [-0.1, -0.05) is 26.7 Å². The number of carboxylic acids is 1. The molecule has 0 aromatic rings. The summed E-state index contributed by atoms with van der Waals surface area (Å²) in [6, 6.07) is 0.780. The summed E-state index contributed by atoms with van der Waals surface area (Å²) in [5.74, 6) is 1.72. The predicted molar refractivity (Wildman–Crippen MR) is 81.8 cm³/mol. The summed E-state index contributed by atoms with van der Waals surface area (Å²) >= 11 is 0. The van der Waals surface area contributed by atoms with Crippen LogP contribution in [0.4, 0.5) is 0 Å². The van der Waals surface area contributed by atoms with E-state index in [1.165, 1.54) is 45.1 Å². The van der Waals surface area contributed by atoms with Gasteiger partial charge in [0.05, 0.1) is 0 Å². The summed E-state index contributed by atoms with van der Waals surface area (Å²) in [4.78, 5) is 13.3. The second-order valence-corrected chi connectivity index (χ2v) is 7.40. The molecule has 0 bridgehead atoms. The van der Waals surface area contributed by atoms with Crippen LogP contribution in [0.1, 0.15) is 65.2 Å². The molecule has 1 aliphatic carbocycles. The van der Waals surface area contributed by atoms with Crippen LogP contribution in [0.15, 0.2) is 0 Å². The van der Waals surface area contributed by atoms with Crippen molar-refractivity contribution in [3.63, 3.8) is 0 Å².